The minimum absolute atomic E-state index is 0.428. The van der Waals surface area contributed by atoms with Crippen molar-refractivity contribution >= 4 is 17.7 Å². The average Bonchev–Trinajstić information content (AvgIpc) is 2.88. The first kappa shape index (κ1) is 14.1. The van der Waals surface area contributed by atoms with Crippen molar-refractivity contribution in [2.45, 2.75) is 44.6 Å². The predicted octanol–water partition coefficient (Wildman–Crippen LogP) is 4.02. The van der Waals surface area contributed by atoms with Crippen LogP contribution in [0, 0.1) is 0 Å². The maximum Gasteiger partial charge on any atom is 0.235 e. The molecular formula is C15H18ClNO2. The number of isocyanates is 1. The molecular weight excluding hydrogens is 262 g/mol. The molecule has 1 saturated carbocycles. The monoisotopic (exact) mass is 279 g/mol. The number of aliphatic imine (C=N–C) groups is 1. The van der Waals surface area contributed by atoms with Gasteiger partial charge in [-0.2, -0.15) is 4.99 Å². The van der Waals surface area contributed by atoms with E-state index in [-0.39, 0.29) is 0 Å². The van der Waals surface area contributed by atoms with E-state index in [1.54, 1.807) is 13.2 Å². The number of carbonyl (C=O) groups excluding carboxylic acids is 1. The molecule has 102 valence electrons. The number of benzene rings is 1. The number of aryl methyl sites for hydroxylation is 1. The molecule has 0 atom stereocenters. The summed E-state index contributed by atoms with van der Waals surface area (Å²) in [5.74, 6) is 0.672. The van der Waals surface area contributed by atoms with Crippen molar-refractivity contribution < 1.29 is 9.53 Å². The lowest BCUT2D eigenvalue weighted by atomic mass is 9.84. The minimum Gasteiger partial charge on any atom is -0.495 e. The highest BCUT2D eigenvalue weighted by Gasteiger charge is 2.37. The topological polar surface area (TPSA) is 38.7 Å². The van der Waals surface area contributed by atoms with Crippen LogP contribution in [0.3, 0.4) is 0 Å². The van der Waals surface area contributed by atoms with Crippen molar-refractivity contribution in [2.24, 2.45) is 4.99 Å². The van der Waals surface area contributed by atoms with E-state index in [1.807, 2.05) is 12.1 Å². The number of hydrogen-bond acceptors (Lipinski definition) is 3. The first-order valence-corrected chi connectivity index (χ1v) is 7.00. The molecule has 0 unspecified atom stereocenters. The van der Waals surface area contributed by atoms with Crippen LogP contribution in [0.5, 0.6) is 5.75 Å². The second kappa shape index (κ2) is 5.77. The van der Waals surface area contributed by atoms with Crippen LogP contribution >= 0.6 is 11.6 Å². The predicted molar refractivity (Wildman–Crippen MR) is 75.6 cm³/mol. The Morgan fingerprint density at radius 3 is 2.63 bits per heavy atom. The highest BCUT2D eigenvalue weighted by atomic mass is 35.5. The molecule has 0 bridgehead atoms. The second-order valence-corrected chi connectivity index (χ2v) is 5.35. The molecule has 1 aromatic rings. The molecule has 3 nitrogen and oxygen atoms in total. The summed E-state index contributed by atoms with van der Waals surface area (Å²) in [5.41, 5.74) is 1.77. The quantitative estimate of drug-likeness (QED) is 0.617. The summed E-state index contributed by atoms with van der Waals surface area (Å²) in [4.78, 5) is 14.9. The van der Waals surface area contributed by atoms with E-state index >= 15 is 0 Å². The highest BCUT2D eigenvalue weighted by Crippen LogP contribution is 2.45. The molecule has 1 aliphatic rings. The Bertz CT molecular complexity index is 515. The number of methoxy groups -OCH3 is 1. The van der Waals surface area contributed by atoms with E-state index < -0.39 is 5.54 Å². The molecule has 0 aliphatic heterocycles. The summed E-state index contributed by atoms with van der Waals surface area (Å²) in [6.45, 7) is 2.08. The van der Waals surface area contributed by atoms with Crippen molar-refractivity contribution in [2.75, 3.05) is 7.11 Å². The molecule has 19 heavy (non-hydrogen) atoms. The third-order valence-electron chi connectivity index (χ3n) is 3.95. The average molecular weight is 280 g/mol. The van der Waals surface area contributed by atoms with Gasteiger partial charge >= 0.3 is 0 Å². The van der Waals surface area contributed by atoms with Gasteiger partial charge in [-0.1, -0.05) is 31.4 Å². The molecule has 1 aromatic carbocycles. The van der Waals surface area contributed by atoms with Gasteiger partial charge in [-0.15, -0.1) is 0 Å². The Balaban J connectivity index is 2.59. The summed E-state index contributed by atoms with van der Waals surface area (Å²) < 4.78 is 5.26. The molecule has 0 aromatic heterocycles. The van der Waals surface area contributed by atoms with Gasteiger partial charge < -0.3 is 4.74 Å². The number of halogens is 1. The third-order valence-corrected chi connectivity index (χ3v) is 4.25. The van der Waals surface area contributed by atoms with Crippen molar-refractivity contribution in [1.29, 1.82) is 0 Å². The van der Waals surface area contributed by atoms with Crippen LogP contribution in [-0.4, -0.2) is 13.2 Å². The van der Waals surface area contributed by atoms with Gasteiger partial charge in [0.05, 0.1) is 17.7 Å². The molecule has 0 amide bonds. The fourth-order valence-electron chi connectivity index (χ4n) is 2.97. The van der Waals surface area contributed by atoms with Gasteiger partial charge in [-0.25, -0.2) is 4.79 Å². The van der Waals surface area contributed by atoms with Gasteiger partial charge in [-0.05, 0) is 42.5 Å². The summed E-state index contributed by atoms with van der Waals surface area (Å²) >= 11 is 6.23. The standard InChI is InChI=1S/C15H18ClNO2/c1-3-11-8-14(19-2)13(16)9-12(11)15(17-10-18)6-4-5-7-15/h8-9H,3-7H2,1-2H3. The molecule has 0 radical (unpaired) electrons. The van der Waals surface area contributed by atoms with E-state index in [4.69, 9.17) is 16.3 Å². The van der Waals surface area contributed by atoms with Gasteiger partial charge in [0, 0.05) is 0 Å². The van der Waals surface area contributed by atoms with E-state index in [0.29, 0.717) is 10.8 Å². The fraction of sp³-hybridized carbons (Fsp3) is 0.533. The largest absolute Gasteiger partial charge is 0.495 e. The molecule has 1 aliphatic carbocycles. The van der Waals surface area contributed by atoms with Crippen LogP contribution in [0.2, 0.25) is 5.02 Å². The number of nitrogens with zero attached hydrogens (tertiary/aromatic N) is 1. The van der Waals surface area contributed by atoms with E-state index in [0.717, 1.165) is 43.2 Å². The van der Waals surface area contributed by atoms with E-state index in [1.165, 1.54) is 0 Å². The lowest BCUT2D eigenvalue weighted by Gasteiger charge is -2.26. The maximum absolute atomic E-state index is 10.8. The SMILES string of the molecule is CCc1cc(OC)c(Cl)cc1C1(N=C=O)CCCC1. The number of ether oxygens (including phenoxy) is 1. The summed E-state index contributed by atoms with van der Waals surface area (Å²) in [5, 5.41) is 0.571. The van der Waals surface area contributed by atoms with Gasteiger partial charge in [-0.3, -0.25) is 0 Å². The Morgan fingerprint density at radius 2 is 2.11 bits per heavy atom. The van der Waals surface area contributed by atoms with Crippen molar-refractivity contribution in [3.8, 4) is 5.75 Å². The lowest BCUT2D eigenvalue weighted by molar-refractivity contribution is 0.411. The Hall–Kier alpha value is -1.31. The van der Waals surface area contributed by atoms with Gasteiger partial charge in [0.15, 0.2) is 0 Å². The zero-order chi connectivity index (χ0) is 13.9. The summed E-state index contributed by atoms with van der Waals surface area (Å²) in [6.07, 6.45) is 6.55. The second-order valence-electron chi connectivity index (χ2n) is 4.94. The molecule has 1 fully saturated rings. The summed E-state index contributed by atoms with van der Waals surface area (Å²) in [6, 6.07) is 3.86. The molecule has 0 spiro atoms. The van der Waals surface area contributed by atoms with Gasteiger partial charge in [0.1, 0.15) is 5.75 Å². The van der Waals surface area contributed by atoms with Crippen LogP contribution in [-0.2, 0) is 16.8 Å². The third kappa shape index (κ3) is 2.54. The zero-order valence-corrected chi connectivity index (χ0v) is 12.1. The van der Waals surface area contributed by atoms with Crippen LogP contribution in [0.1, 0.15) is 43.7 Å². The van der Waals surface area contributed by atoms with Crippen molar-refractivity contribution in [1.82, 2.24) is 0 Å². The first-order valence-electron chi connectivity index (χ1n) is 6.63. The molecule has 2 rings (SSSR count). The number of hydrogen-bond donors (Lipinski definition) is 0. The maximum atomic E-state index is 10.8. The molecule has 4 heteroatoms. The minimum atomic E-state index is -0.428. The normalized spacial score (nSPS) is 17.0. The molecule has 0 heterocycles. The Labute approximate surface area is 118 Å². The van der Waals surface area contributed by atoms with Crippen LogP contribution in [0.15, 0.2) is 17.1 Å². The summed E-state index contributed by atoms with van der Waals surface area (Å²) in [7, 11) is 1.61. The number of rotatable bonds is 4. The first-order chi connectivity index (χ1) is 9.16. The van der Waals surface area contributed by atoms with Crippen LogP contribution in [0.25, 0.3) is 0 Å². The fourth-order valence-corrected chi connectivity index (χ4v) is 3.21. The lowest BCUT2D eigenvalue weighted by Crippen LogP contribution is -2.21. The van der Waals surface area contributed by atoms with Gasteiger partial charge in [0.25, 0.3) is 0 Å². The van der Waals surface area contributed by atoms with E-state index in [2.05, 4.69) is 11.9 Å². The smallest absolute Gasteiger partial charge is 0.235 e. The van der Waals surface area contributed by atoms with E-state index in [9.17, 15) is 4.79 Å². The van der Waals surface area contributed by atoms with Crippen molar-refractivity contribution in [3.05, 3.63) is 28.3 Å². The highest BCUT2D eigenvalue weighted by molar-refractivity contribution is 6.32. The van der Waals surface area contributed by atoms with Crippen LogP contribution < -0.4 is 4.74 Å². The molecule has 0 N–H and O–H groups in total. The zero-order valence-electron chi connectivity index (χ0n) is 11.3. The molecule has 0 saturated heterocycles. The van der Waals surface area contributed by atoms with Crippen molar-refractivity contribution in [3.63, 3.8) is 0 Å². The Kier molecular flexibility index (Phi) is 4.28. The Morgan fingerprint density at radius 1 is 1.42 bits per heavy atom. The van der Waals surface area contributed by atoms with Crippen LogP contribution in [0.4, 0.5) is 0 Å². The van der Waals surface area contributed by atoms with Gasteiger partial charge in [0.2, 0.25) is 6.08 Å².